The van der Waals surface area contributed by atoms with Crippen molar-refractivity contribution in [3.63, 3.8) is 0 Å². The quantitative estimate of drug-likeness (QED) is 0.468. The van der Waals surface area contributed by atoms with Crippen LogP contribution in [0.2, 0.25) is 5.02 Å². The van der Waals surface area contributed by atoms with Crippen LogP contribution in [0.3, 0.4) is 0 Å². The summed E-state index contributed by atoms with van der Waals surface area (Å²) in [6.45, 7) is 3.68. The van der Waals surface area contributed by atoms with E-state index in [4.69, 9.17) is 11.6 Å². The van der Waals surface area contributed by atoms with Crippen LogP contribution in [0.15, 0.2) is 70.5 Å². The summed E-state index contributed by atoms with van der Waals surface area (Å²) in [4.78, 5) is 34.5. The molecule has 4 aromatic rings. The Morgan fingerprint density at radius 1 is 0.933 bits per heavy atom. The first kappa shape index (κ1) is 19.6. The first-order valence-electron chi connectivity index (χ1n) is 9.32. The van der Waals surface area contributed by atoms with Gasteiger partial charge in [0.1, 0.15) is 0 Å². The van der Waals surface area contributed by atoms with Crippen molar-refractivity contribution in [3.8, 4) is 17.5 Å². The Labute approximate surface area is 177 Å². The number of rotatable bonds is 2. The minimum atomic E-state index is -0.565. The Morgan fingerprint density at radius 2 is 1.63 bits per heavy atom. The van der Waals surface area contributed by atoms with Gasteiger partial charge in [-0.15, -0.1) is 0 Å². The fourth-order valence-corrected chi connectivity index (χ4v) is 3.42. The second kappa shape index (κ2) is 7.97. The molecule has 0 spiro atoms. The van der Waals surface area contributed by atoms with Crippen molar-refractivity contribution in [2.24, 2.45) is 0 Å². The minimum absolute atomic E-state index is 0.106. The zero-order valence-corrected chi connectivity index (χ0v) is 17.1. The van der Waals surface area contributed by atoms with E-state index in [0.29, 0.717) is 5.56 Å². The van der Waals surface area contributed by atoms with Gasteiger partial charge >= 0.3 is 5.69 Å². The van der Waals surface area contributed by atoms with Gasteiger partial charge in [-0.2, -0.15) is 0 Å². The van der Waals surface area contributed by atoms with Gasteiger partial charge in [-0.25, -0.2) is 19.3 Å². The van der Waals surface area contributed by atoms with Gasteiger partial charge in [0.25, 0.3) is 5.56 Å². The van der Waals surface area contributed by atoms with Gasteiger partial charge in [-0.05, 0) is 44.2 Å². The molecule has 30 heavy (non-hydrogen) atoms. The van der Waals surface area contributed by atoms with Crippen LogP contribution >= 0.6 is 11.6 Å². The third kappa shape index (κ3) is 3.51. The molecule has 2 aromatic carbocycles. The van der Waals surface area contributed by atoms with E-state index in [1.165, 1.54) is 17.0 Å². The highest BCUT2D eigenvalue weighted by Crippen LogP contribution is 2.20. The van der Waals surface area contributed by atoms with Gasteiger partial charge in [0, 0.05) is 29.6 Å². The Hall–Kier alpha value is -3.69. The normalized spacial score (nSPS) is 10.8. The lowest BCUT2D eigenvalue weighted by atomic mass is 10.1. The molecule has 4 rings (SSSR count). The largest absolute Gasteiger partial charge is 0.337 e. The predicted octanol–water partition coefficient (Wildman–Crippen LogP) is 3.58. The van der Waals surface area contributed by atoms with Crippen LogP contribution in [0, 0.1) is 11.8 Å². The SMILES string of the molecule is CC(C)n1c(=O)n(-c2ccc(C#Cc3ccccc3)cc2Cl)c(=O)c2nccnc21. The molecule has 0 aliphatic rings. The molecule has 2 aromatic heterocycles. The van der Waals surface area contributed by atoms with Gasteiger partial charge in [-0.1, -0.05) is 41.6 Å². The van der Waals surface area contributed by atoms with Crippen LogP contribution in [-0.2, 0) is 0 Å². The maximum absolute atomic E-state index is 13.2. The smallest absolute Gasteiger partial charge is 0.273 e. The van der Waals surface area contributed by atoms with Gasteiger partial charge < -0.3 is 0 Å². The van der Waals surface area contributed by atoms with Crippen LogP contribution < -0.4 is 11.2 Å². The van der Waals surface area contributed by atoms with Crippen molar-refractivity contribution in [3.05, 3.63) is 97.9 Å². The molecular formula is C23H17ClN4O2. The molecule has 0 amide bonds. The molecule has 0 saturated carbocycles. The summed E-state index contributed by atoms with van der Waals surface area (Å²) in [7, 11) is 0. The average molecular weight is 417 g/mol. The Bertz CT molecular complexity index is 1430. The maximum Gasteiger partial charge on any atom is 0.337 e. The van der Waals surface area contributed by atoms with Crippen LogP contribution in [0.25, 0.3) is 16.9 Å². The molecule has 0 fully saturated rings. The van der Waals surface area contributed by atoms with Gasteiger partial charge in [0.15, 0.2) is 11.2 Å². The monoisotopic (exact) mass is 416 g/mol. The molecular weight excluding hydrogens is 400 g/mol. The predicted molar refractivity (Wildman–Crippen MR) is 117 cm³/mol. The van der Waals surface area contributed by atoms with Crippen LogP contribution in [0.1, 0.15) is 31.0 Å². The molecule has 148 valence electrons. The summed E-state index contributed by atoms with van der Waals surface area (Å²) in [5, 5.41) is 0.243. The highest BCUT2D eigenvalue weighted by Gasteiger charge is 2.19. The number of hydrogen-bond donors (Lipinski definition) is 0. The maximum atomic E-state index is 13.2. The lowest BCUT2D eigenvalue weighted by Crippen LogP contribution is -2.40. The van der Waals surface area contributed by atoms with Crippen molar-refractivity contribution < 1.29 is 0 Å². The molecule has 2 heterocycles. The lowest BCUT2D eigenvalue weighted by Gasteiger charge is -2.16. The molecule has 6 nitrogen and oxygen atoms in total. The number of halogens is 1. The summed E-state index contributed by atoms with van der Waals surface area (Å²) >= 11 is 6.46. The third-order valence-corrected chi connectivity index (χ3v) is 4.84. The second-order valence-corrected chi connectivity index (χ2v) is 7.30. The second-order valence-electron chi connectivity index (χ2n) is 6.90. The Balaban J connectivity index is 1.89. The molecule has 0 bridgehead atoms. The molecule has 0 unspecified atom stereocenters. The first-order chi connectivity index (χ1) is 14.5. The van der Waals surface area contributed by atoms with Crippen molar-refractivity contribution in [2.45, 2.75) is 19.9 Å². The number of benzene rings is 2. The van der Waals surface area contributed by atoms with E-state index in [-0.39, 0.29) is 27.9 Å². The van der Waals surface area contributed by atoms with Crippen LogP contribution in [0.5, 0.6) is 0 Å². The van der Waals surface area contributed by atoms with Crippen molar-refractivity contribution in [1.29, 1.82) is 0 Å². The lowest BCUT2D eigenvalue weighted by molar-refractivity contribution is 0.564. The van der Waals surface area contributed by atoms with Gasteiger partial charge in [0.05, 0.1) is 10.7 Å². The van der Waals surface area contributed by atoms with Crippen molar-refractivity contribution in [2.75, 3.05) is 0 Å². The van der Waals surface area contributed by atoms with Crippen LogP contribution in [0.4, 0.5) is 0 Å². The van der Waals surface area contributed by atoms with Crippen molar-refractivity contribution >= 4 is 22.8 Å². The average Bonchev–Trinajstić information content (AvgIpc) is 2.74. The summed E-state index contributed by atoms with van der Waals surface area (Å²) < 4.78 is 2.47. The van der Waals surface area contributed by atoms with E-state index in [2.05, 4.69) is 21.8 Å². The standard InChI is InChI=1S/C23H17ClN4O2/c1-15(2)27-21-20(25-12-13-26-21)22(29)28(23(27)30)19-11-10-17(14-18(19)24)9-8-16-6-4-3-5-7-16/h3-7,10-15H,1-2H3. The van der Waals surface area contributed by atoms with Gasteiger partial charge in [-0.3, -0.25) is 9.36 Å². The van der Waals surface area contributed by atoms with E-state index in [0.717, 1.165) is 10.1 Å². The van der Waals surface area contributed by atoms with E-state index in [1.54, 1.807) is 18.2 Å². The molecule has 7 heteroatoms. The molecule has 0 aliphatic heterocycles. The first-order valence-corrected chi connectivity index (χ1v) is 9.70. The van der Waals surface area contributed by atoms with E-state index in [9.17, 15) is 9.59 Å². The Kier molecular flexibility index (Phi) is 5.21. The Morgan fingerprint density at radius 3 is 2.33 bits per heavy atom. The van der Waals surface area contributed by atoms with E-state index in [1.807, 2.05) is 44.2 Å². The molecule has 0 N–H and O–H groups in total. The number of hydrogen-bond acceptors (Lipinski definition) is 4. The summed E-state index contributed by atoms with van der Waals surface area (Å²) in [6.07, 6.45) is 2.88. The third-order valence-electron chi connectivity index (χ3n) is 4.54. The molecule has 0 aliphatic carbocycles. The number of aromatic nitrogens is 4. The van der Waals surface area contributed by atoms with E-state index < -0.39 is 11.2 Å². The summed E-state index contributed by atoms with van der Waals surface area (Å²) in [5.74, 6) is 6.10. The number of nitrogens with zero attached hydrogens (tertiary/aromatic N) is 4. The van der Waals surface area contributed by atoms with Gasteiger partial charge in [0.2, 0.25) is 0 Å². The molecule has 0 radical (unpaired) electrons. The zero-order valence-electron chi connectivity index (χ0n) is 16.3. The van der Waals surface area contributed by atoms with E-state index >= 15 is 0 Å². The van der Waals surface area contributed by atoms with Crippen molar-refractivity contribution in [1.82, 2.24) is 19.1 Å². The topological polar surface area (TPSA) is 69.8 Å². The highest BCUT2D eigenvalue weighted by molar-refractivity contribution is 6.32. The number of fused-ring (bicyclic) bond motifs is 1. The summed E-state index contributed by atoms with van der Waals surface area (Å²) in [5.41, 5.74) is 1.10. The zero-order chi connectivity index (χ0) is 21.3. The molecule has 0 saturated heterocycles. The highest BCUT2D eigenvalue weighted by atomic mass is 35.5. The minimum Gasteiger partial charge on any atom is -0.273 e. The van der Waals surface area contributed by atoms with Crippen LogP contribution in [-0.4, -0.2) is 19.1 Å². The molecule has 0 atom stereocenters. The summed E-state index contributed by atoms with van der Waals surface area (Å²) in [6, 6.07) is 14.3. The fraction of sp³-hybridized carbons (Fsp3) is 0.130. The fourth-order valence-electron chi connectivity index (χ4n) is 3.16.